The molecule has 0 aromatic carbocycles. The summed E-state index contributed by atoms with van der Waals surface area (Å²) in [7, 11) is 0. The largest absolute Gasteiger partial charge is 0.349 e. The average Bonchev–Trinajstić information content (AvgIpc) is 2.40. The Morgan fingerprint density at radius 3 is 2.25 bits per heavy atom. The SMILES string of the molecule is CCCCCC[C@H]1CC(CCC#N)O[C@@H](C(C)(C)C)O1. The highest BCUT2D eigenvalue weighted by Crippen LogP contribution is 2.33. The first kappa shape index (κ1) is 17.5. The van der Waals surface area contributed by atoms with Gasteiger partial charge in [-0.3, -0.25) is 0 Å². The Morgan fingerprint density at radius 1 is 1.05 bits per heavy atom. The molecule has 1 unspecified atom stereocenters. The van der Waals surface area contributed by atoms with Gasteiger partial charge in [-0.15, -0.1) is 0 Å². The third-order valence-electron chi connectivity index (χ3n) is 3.82. The van der Waals surface area contributed by atoms with Gasteiger partial charge in [0.15, 0.2) is 6.29 Å². The van der Waals surface area contributed by atoms with Crippen molar-refractivity contribution in [3.05, 3.63) is 0 Å². The number of rotatable bonds is 7. The lowest BCUT2D eigenvalue weighted by Gasteiger charge is -2.41. The zero-order valence-corrected chi connectivity index (χ0v) is 13.7. The Morgan fingerprint density at radius 2 is 1.70 bits per heavy atom. The van der Waals surface area contributed by atoms with Crippen LogP contribution >= 0.6 is 0 Å². The molecular formula is C17H31NO2. The third kappa shape index (κ3) is 6.24. The summed E-state index contributed by atoms with van der Waals surface area (Å²) in [5.74, 6) is 0. The zero-order chi connectivity index (χ0) is 15.0. The van der Waals surface area contributed by atoms with Crippen LogP contribution in [0.1, 0.15) is 79.1 Å². The van der Waals surface area contributed by atoms with Gasteiger partial charge in [0.1, 0.15) is 0 Å². The van der Waals surface area contributed by atoms with Crippen LogP contribution in [0.4, 0.5) is 0 Å². The van der Waals surface area contributed by atoms with Gasteiger partial charge in [-0.25, -0.2) is 0 Å². The normalized spacial score (nSPS) is 27.2. The number of hydrogen-bond donors (Lipinski definition) is 0. The first-order valence-corrected chi connectivity index (χ1v) is 8.15. The minimum absolute atomic E-state index is 0.00696. The Kier molecular flexibility index (Phi) is 7.55. The standard InChI is InChI=1S/C17H31NO2/c1-5-6-7-8-10-14-13-15(11-9-12-18)20-16(19-14)17(2,3)4/h14-16H,5-11,13H2,1-4H3/t14-,15?,16-/m0/s1. The predicted molar refractivity (Wildman–Crippen MR) is 81.2 cm³/mol. The molecule has 0 aromatic rings. The Hall–Kier alpha value is -0.590. The summed E-state index contributed by atoms with van der Waals surface area (Å²) in [5, 5.41) is 8.75. The average molecular weight is 281 g/mol. The quantitative estimate of drug-likeness (QED) is 0.629. The third-order valence-corrected chi connectivity index (χ3v) is 3.82. The fourth-order valence-corrected chi connectivity index (χ4v) is 2.59. The summed E-state index contributed by atoms with van der Waals surface area (Å²) >= 11 is 0. The Labute approximate surface area is 124 Å². The summed E-state index contributed by atoms with van der Waals surface area (Å²) < 4.78 is 12.2. The van der Waals surface area contributed by atoms with Crippen molar-refractivity contribution in [1.29, 1.82) is 5.26 Å². The van der Waals surface area contributed by atoms with E-state index in [0.29, 0.717) is 12.5 Å². The second-order valence-corrected chi connectivity index (χ2v) is 7.00. The van der Waals surface area contributed by atoms with Gasteiger partial charge in [-0.2, -0.15) is 5.26 Å². The highest BCUT2D eigenvalue weighted by Gasteiger charge is 2.36. The van der Waals surface area contributed by atoms with Gasteiger partial charge in [0.05, 0.1) is 18.3 Å². The molecule has 1 aliphatic heterocycles. The molecule has 20 heavy (non-hydrogen) atoms. The second kappa shape index (κ2) is 8.64. The van der Waals surface area contributed by atoms with E-state index in [9.17, 15) is 0 Å². The molecule has 1 heterocycles. The van der Waals surface area contributed by atoms with Crippen molar-refractivity contribution in [3.63, 3.8) is 0 Å². The van der Waals surface area contributed by atoms with E-state index >= 15 is 0 Å². The lowest BCUT2D eigenvalue weighted by atomic mass is 9.93. The number of hydrogen-bond acceptors (Lipinski definition) is 3. The Balaban J connectivity index is 2.49. The van der Waals surface area contributed by atoms with Crippen LogP contribution in [0, 0.1) is 16.7 Å². The van der Waals surface area contributed by atoms with E-state index in [-0.39, 0.29) is 17.8 Å². The summed E-state index contributed by atoms with van der Waals surface area (Å²) in [5.41, 5.74) is -0.00696. The number of nitriles is 1. The van der Waals surface area contributed by atoms with Crippen LogP contribution in [0.5, 0.6) is 0 Å². The van der Waals surface area contributed by atoms with Crippen LogP contribution in [0.2, 0.25) is 0 Å². The van der Waals surface area contributed by atoms with E-state index < -0.39 is 0 Å². The molecule has 0 saturated carbocycles. The molecule has 1 saturated heterocycles. The second-order valence-electron chi connectivity index (χ2n) is 7.00. The van der Waals surface area contributed by atoms with Crippen molar-refractivity contribution in [1.82, 2.24) is 0 Å². The highest BCUT2D eigenvalue weighted by molar-refractivity contribution is 4.81. The van der Waals surface area contributed by atoms with Gasteiger partial charge in [0.2, 0.25) is 0 Å². The van der Waals surface area contributed by atoms with Gasteiger partial charge in [-0.1, -0.05) is 53.4 Å². The van der Waals surface area contributed by atoms with E-state index in [1.165, 1.54) is 25.7 Å². The maximum absolute atomic E-state index is 8.75. The monoisotopic (exact) mass is 281 g/mol. The van der Waals surface area contributed by atoms with Crippen LogP contribution in [-0.2, 0) is 9.47 Å². The maximum Gasteiger partial charge on any atom is 0.163 e. The van der Waals surface area contributed by atoms with Crippen molar-refractivity contribution in [2.24, 2.45) is 5.41 Å². The van der Waals surface area contributed by atoms with Gasteiger partial charge < -0.3 is 9.47 Å². The molecule has 1 aliphatic rings. The molecule has 1 fully saturated rings. The summed E-state index contributed by atoms with van der Waals surface area (Å²) in [6.45, 7) is 8.69. The van der Waals surface area contributed by atoms with Crippen LogP contribution in [0.25, 0.3) is 0 Å². The maximum atomic E-state index is 8.75. The van der Waals surface area contributed by atoms with Crippen LogP contribution in [0.15, 0.2) is 0 Å². The molecular weight excluding hydrogens is 250 g/mol. The van der Waals surface area contributed by atoms with Crippen LogP contribution in [0.3, 0.4) is 0 Å². The van der Waals surface area contributed by atoms with E-state index in [2.05, 4.69) is 33.8 Å². The molecule has 0 N–H and O–H groups in total. The number of unbranched alkanes of at least 4 members (excludes halogenated alkanes) is 3. The van der Waals surface area contributed by atoms with Crippen LogP contribution in [-0.4, -0.2) is 18.5 Å². The zero-order valence-electron chi connectivity index (χ0n) is 13.7. The molecule has 3 nitrogen and oxygen atoms in total. The lowest BCUT2D eigenvalue weighted by Crippen LogP contribution is -2.44. The first-order chi connectivity index (χ1) is 9.47. The van der Waals surface area contributed by atoms with Crippen molar-refractivity contribution in [3.8, 4) is 6.07 Å². The van der Waals surface area contributed by atoms with Crippen molar-refractivity contribution in [2.45, 2.75) is 97.6 Å². The smallest absolute Gasteiger partial charge is 0.163 e. The van der Waals surface area contributed by atoms with E-state index in [1.54, 1.807) is 0 Å². The van der Waals surface area contributed by atoms with Gasteiger partial charge in [-0.05, 0) is 12.8 Å². The van der Waals surface area contributed by atoms with Gasteiger partial charge >= 0.3 is 0 Å². The van der Waals surface area contributed by atoms with Crippen molar-refractivity contribution >= 4 is 0 Å². The summed E-state index contributed by atoms with van der Waals surface area (Å²) in [6, 6.07) is 2.22. The van der Waals surface area contributed by atoms with E-state index in [0.717, 1.165) is 19.3 Å². The molecule has 1 rings (SSSR count). The summed E-state index contributed by atoms with van der Waals surface area (Å²) in [4.78, 5) is 0. The molecule has 0 bridgehead atoms. The topological polar surface area (TPSA) is 42.2 Å². The Bertz CT molecular complexity index is 303. The fraction of sp³-hybridized carbons (Fsp3) is 0.941. The van der Waals surface area contributed by atoms with Crippen LogP contribution < -0.4 is 0 Å². The molecule has 0 aliphatic carbocycles. The minimum atomic E-state index is -0.142. The van der Waals surface area contributed by atoms with E-state index in [1.807, 2.05) is 0 Å². The molecule has 116 valence electrons. The molecule has 3 heteroatoms. The number of nitrogens with zero attached hydrogens (tertiary/aromatic N) is 1. The summed E-state index contributed by atoms with van der Waals surface area (Å²) in [6.07, 6.45) is 8.92. The first-order valence-electron chi connectivity index (χ1n) is 8.15. The fourth-order valence-electron chi connectivity index (χ4n) is 2.59. The molecule has 0 amide bonds. The van der Waals surface area contributed by atoms with Crippen molar-refractivity contribution < 1.29 is 9.47 Å². The molecule has 3 atom stereocenters. The number of ether oxygens (including phenoxy) is 2. The van der Waals surface area contributed by atoms with Gasteiger partial charge in [0, 0.05) is 18.3 Å². The highest BCUT2D eigenvalue weighted by atomic mass is 16.7. The lowest BCUT2D eigenvalue weighted by molar-refractivity contribution is -0.280. The van der Waals surface area contributed by atoms with E-state index in [4.69, 9.17) is 14.7 Å². The van der Waals surface area contributed by atoms with Gasteiger partial charge in [0.25, 0.3) is 0 Å². The molecule has 0 spiro atoms. The minimum Gasteiger partial charge on any atom is -0.349 e. The molecule has 0 aromatic heterocycles. The predicted octanol–water partition coefficient (Wildman–Crippen LogP) is 4.81. The van der Waals surface area contributed by atoms with Crippen molar-refractivity contribution in [2.75, 3.05) is 0 Å². The molecule has 0 radical (unpaired) electrons.